The first kappa shape index (κ1) is 24.4. The first-order valence-corrected chi connectivity index (χ1v) is 12.5. The van der Waals surface area contributed by atoms with Crippen molar-refractivity contribution in [3.8, 4) is 0 Å². The fourth-order valence-electron chi connectivity index (χ4n) is 4.35. The Bertz CT molecular complexity index is 1170. The Kier molecular flexibility index (Phi) is 8.86. The van der Waals surface area contributed by atoms with Crippen LogP contribution in [0.5, 0.6) is 0 Å². The van der Waals surface area contributed by atoms with Crippen LogP contribution in [0.3, 0.4) is 0 Å². The van der Waals surface area contributed by atoms with E-state index in [1.54, 1.807) is 0 Å². The SMILES string of the molecule is N=c1o[n-][n+](CCCCc2ccccc2)c1CCCc1c(=N)o[n-][n+]1CCCCc1ccccc1. The second-order valence-electron chi connectivity index (χ2n) is 8.88. The molecule has 2 aromatic carbocycles. The average Bonchev–Trinajstić information content (AvgIpc) is 3.42. The van der Waals surface area contributed by atoms with E-state index in [0.717, 1.165) is 69.4 Å². The van der Waals surface area contributed by atoms with Crippen LogP contribution in [-0.2, 0) is 38.8 Å². The van der Waals surface area contributed by atoms with Crippen molar-refractivity contribution >= 4 is 0 Å². The van der Waals surface area contributed by atoms with Crippen molar-refractivity contribution in [3.63, 3.8) is 0 Å². The number of aryl methyl sites for hydroxylation is 4. The van der Waals surface area contributed by atoms with Gasteiger partial charge in [-0.05, 0) is 43.2 Å². The third kappa shape index (κ3) is 7.15. The summed E-state index contributed by atoms with van der Waals surface area (Å²) in [7, 11) is 0. The Labute approximate surface area is 205 Å². The number of rotatable bonds is 14. The van der Waals surface area contributed by atoms with Gasteiger partial charge in [-0.1, -0.05) is 60.7 Å². The Balaban J connectivity index is 1.23. The lowest BCUT2D eigenvalue weighted by Gasteiger charge is -2.04. The van der Waals surface area contributed by atoms with E-state index < -0.39 is 0 Å². The number of hydrogen-bond donors (Lipinski definition) is 2. The van der Waals surface area contributed by atoms with E-state index in [-0.39, 0.29) is 11.1 Å². The van der Waals surface area contributed by atoms with Gasteiger partial charge in [-0.3, -0.25) is 21.4 Å². The second kappa shape index (κ2) is 12.7. The Hall–Kier alpha value is -3.68. The van der Waals surface area contributed by atoms with Gasteiger partial charge in [-0.2, -0.15) is 0 Å². The third-order valence-corrected chi connectivity index (χ3v) is 6.29. The summed E-state index contributed by atoms with van der Waals surface area (Å²) < 4.78 is 13.9. The molecule has 0 fully saturated rings. The normalized spacial score (nSPS) is 11.2. The number of nitrogens with one attached hydrogen (secondary N) is 2. The predicted molar refractivity (Wildman–Crippen MR) is 127 cm³/mol. The molecule has 35 heavy (non-hydrogen) atoms. The van der Waals surface area contributed by atoms with Gasteiger partial charge in [0, 0.05) is 25.7 Å². The Morgan fingerprint density at radius 1 is 0.543 bits per heavy atom. The standard InChI is InChI=1S/C27H34N6O2/c28-26-24(32(30-34-26)20-9-7-16-22-12-3-1-4-13-22)18-11-19-25-27(29)35-31-33(25)21-10-8-17-23-14-5-2-6-15-23/h1-6,12-15,28-29H,7-11,16-21H2. The molecule has 0 spiro atoms. The molecule has 0 aliphatic rings. The number of benzene rings is 2. The van der Waals surface area contributed by atoms with Crippen LogP contribution in [0.25, 0.3) is 0 Å². The molecule has 4 rings (SSSR count). The minimum absolute atomic E-state index is 0.123. The molecule has 2 heterocycles. The van der Waals surface area contributed by atoms with Crippen LogP contribution < -0.4 is 31.0 Å². The molecule has 8 nitrogen and oxygen atoms in total. The smallest absolute Gasteiger partial charge is 0.268 e. The molecular weight excluding hydrogens is 440 g/mol. The average molecular weight is 475 g/mol. The maximum absolute atomic E-state index is 8.10. The van der Waals surface area contributed by atoms with Gasteiger partial charge in [0.05, 0.1) is 0 Å². The number of unbranched alkanes of at least 4 members (excludes halogenated alkanes) is 2. The molecule has 2 aromatic heterocycles. The lowest BCUT2D eigenvalue weighted by atomic mass is 10.1. The van der Waals surface area contributed by atoms with Gasteiger partial charge in [0.15, 0.2) is 0 Å². The first-order chi connectivity index (χ1) is 17.2. The molecule has 0 saturated carbocycles. The monoisotopic (exact) mass is 474 g/mol. The van der Waals surface area contributed by atoms with Crippen molar-refractivity contribution in [2.45, 2.75) is 70.9 Å². The molecular formula is C27H34N6O2. The summed E-state index contributed by atoms with van der Waals surface area (Å²) in [6.45, 7) is 1.48. The maximum atomic E-state index is 8.10. The zero-order chi connectivity index (χ0) is 24.3. The maximum Gasteiger partial charge on any atom is 0.268 e. The van der Waals surface area contributed by atoms with Gasteiger partial charge in [0.25, 0.3) is 11.1 Å². The van der Waals surface area contributed by atoms with E-state index in [1.165, 1.54) is 11.1 Å². The van der Waals surface area contributed by atoms with E-state index in [9.17, 15) is 0 Å². The van der Waals surface area contributed by atoms with Crippen molar-refractivity contribution in [2.24, 2.45) is 0 Å². The number of nitrogens with zero attached hydrogens (tertiary/aromatic N) is 4. The second-order valence-corrected chi connectivity index (χ2v) is 8.88. The largest absolute Gasteiger partial charge is 0.487 e. The van der Waals surface area contributed by atoms with Crippen molar-refractivity contribution in [1.82, 2.24) is 10.5 Å². The summed E-state index contributed by atoms with van der Waals surface area (Å²) in [6.07, 6.45) is 8.25. The van der Waals surface area contributed by atoms with E-state index >= 15 is 0 Å². The van der Waals surface area contributed by atoms with Gasteiger partial charge in [-0.15, -0.1) is 0 Å². The third-order valence-electron chi connectivity index (χ3n) is 6.29. The minimum atomic E-state index is 0.123. The van der Waals surface area contributed by atoms with Crippen LogP contribution in [0, 0.1) is 10.8 Å². The molecule has 0 atom stereocenters. The highest BCUT2D eigenvalue weighted by atomic mass is 16.5. The number of hydrogen-bond acceptors (Lipinski definition) is 4. The highest BCUT2D eigenvalue weighted by Crippen LogP contribution is 2.06. The highest BCUT2D eigenvalue weighted by molar-refractivity contribution is 5.15. The summed E-state index contributed by atoms with van der Waals surface area (Å²) in [5.41, 5.74) is 4.54. The van der Waals surface area contributed by atoms with E-state index in [0.29, 0.717) is 12.8 Å². The lowest BCUT2D eigenvalue weighted by molar-refractivity contribution is -0.774. The zero-order valence-corrected chi connectivity index (χ0v) is 20.2. The van der Waals surface area contributed by atoms with Crippen LogP contribution in [-0.4, -0.2) is 0 Å². The minimum Gasteiger partial charge on any atom is -0.487 e. The highest BCUT2D eigenvalue weighted by Gasteiger charge is 2.16. The predicted octanol–water partition coefficient (Wildman–Crippen LogP) is 2.54. The van der Waals surface area contributed by atoms with E-state index in [4.69, 9.17) is 19.9 Å². The molecule has 0 radical (unpaired) electrons. The molecule has 0 amide bonds. The Morgan fingerprint density at radius 2 is 0.971 bits per heavy atom. The van der Waals surface area contributed by atoms with Crippen LogP contribution in [0.15, 0.2) is 69.7 Å². The van der Waals surface area contributed by atoms with Crippen molar-refractivity contribution in [3.05, 3.63) is 94.3 Å². The molecule has 0 aliphatic heterocycles. The van der Waals surface area contributed by atoms with Gasteiger partial charge in [-0.25, -0.2) is 9.36 Å². The van der Waals surface area contributed by atoms with E-state index in [1.807, 2.05) is 21.5 Å². The lowest BCUT2D eigenvalue weighted by Crippen LogP contribution is -2.44. The summed E-state index contributed by atoms with van der Waals surface area (Å²) >= 11 is 0. The van der Waals surface area contributed by atoms with Gasteiger partial charge in [0.2, 0.25) is 11.4 Å². The molecule has 0 bridgehead atoms. The fourth-order valence-corrected chi connectivity index (χ4v) is 4.35. The molecule has 8 heteroatoms. The van der Waals surface area contributed by atoms with Gasteiger partial charge in [0.1, 0.15) is 13.1 Å². The summed E-state index contributed by atoms with van der Waals surface area (Å²) in [5.74, 6) is 0. The molecule has 0 aliphatic carbocycles. The quantitative estimate of drug-likeness (QED) is 0.216. The van der Waals surface area contributed by atoms with Crippen LogP contribution >= 0.6 is 0 Å². The first-order valence-electron chi connectivity index (χ1n) is 12.5. The van der Waals surface area contributed by atoms with E-state index in [2.05, 4.69) is 59.1 Å². The number of aromatic nitrogens is 4. The summed E-state index contributed by atoms with van der Waals surface area (Å²) in [6, 6.07) is 20.9. The molecule has 0 saturated heterocycles. The zero-order valence-electron chi connectivity index (χ0n) is 20.2. The topological polar surface area (TPSA) is 110 Å². The molecule has 4 aromatic rings. The van der Waals surface area contributed by atoms with Gasteiger partial charge < -0.3 is 9.05 Å². The summed E-state index contributed by atoms with van der Waals surface area (Å²) in [5, 5.41) is 24.3. The van der Waals surface area contributed by atoms with Crippen molar-refractivity contribution in [2.75, 3.05) is 0 Å². The van der Waals surface area contributed by atoms with Crippen LogP contribution in [0.1, 0.15) is 54.6 Å². The van der Waals surface area contributed by atoms with Crippen molar-refractivity contribution < 1.29 is 18.4 Å². The fraction of sp³-hybridized carbons (Fsp3) is 0.407. The van der Waals surface area contributed by atoms with Crippen molar-refractivity contribution in [1.29, 1.82) is 10.8 Å². The van der Waals surface area contributed by atoms with Crippen LogP contribution in [0.4, 0.5) is 0 Å². The van der Waals surface area contributed by atoms with Gasteiger partial charge >= 0.3 is 0 Å². The molecule has 2 N–H and O–H groups in total. The summed E-state index contributed by atoms with van der Waals surface area (Å²) in [4.78, 5) is 0. The molecule has 0 unspecified atom stereocenters. The molecule has 184 valence electrons. The van der Waals surface area contributed by atoms with Crippen LogP contribution in [0.2, 0.25) is 0 Å². The Morgan fingerprint density at radius 3 is 1.40 bits per heavy atom.